The van der Waals surface area contributed by atoms with Gasteiger partial charge in [-0.1, -0.05) is 23.7 Å². The van der Waals surface area contributed by atoms with Crippen LogP contribution in [0.4, 0.5) is 0 Å². The Labute approximate surface area is 157 Å². The van der Waals surface area contributed by atoms with Crippen LogP contribution in [0.25, 0.3) is 10.9 Å². The lowest BCUT2D eigenvalue weighted by atomic mass is 10.2. The fraction of sp³-hybridized carbons (Fsp3) is 0.250. The van der Waals surface area contributed by atoms with Crippen molar-refractivity contribution in [1.82, 2.24) is 9.47 Å². The summed E-state index contributed by atoms with van der Waals surface area (Å²) in [7, 11) is 6.84. The van der Waals surface area contributed by atoms with E-state index in [4.69, 9.17) is 21.1 Å². The second-order valence-electron chi connectivity index (χ2n) is 6.14. The second kappa shape index (κ2) is 7.30. The van der Waals surface area contributed by atoms with E-state index in [0.717, 1.165) is 16.5 Å². The van der Waals surface area contributed by atoms with Gasteiger partial charge in [-0.05, 0) is 35.9 Å². The van der Waals surface area contributed by atoms with Gasteiger partial charge in [-0.15, -0.1) is 0 Å². The molecule has 0 N–H and O–H groups in total. The molecular formula is C20H21ClN2O3. The lowest BCUT2D eigenvalue weighted by molar-refractivity contribution is 0.0776. The number of benzene rings is 2. The lowest BCUT2D eigenvalue weighted by Crippen LogP contribution is -2.27. The number of hydrogen-bond donors (Lipinski definition) is 0. The average Bonchev–Trinajstić information content (AvgIpc) is 2.97. The van der Waals surface area contributed by atoms with Crippen LogP contribution in [0.5, 0.6) is 11.5 Å². The number of nitrogens with zero attached hydrogens (tertiary/aromatic N) is 2. The number of carbonyl (C=O) groups is 1. The summed E-state index contributed by atoms with van der Waals surface area (Å²) in [5, 5.41) is 1.64. The molecule has 3 aromatic rings. The fourth-order valence-corrected chi connectivity index (χ4v) is 3.19. The van der Waals surface area contributed by atoms with Gasteiger partial charge >= 0.3 is 0 Å². The average molecular weight is 373 g/mol. The first-order valence-corrected chi connectivity index (χ1v) is 8.53. The van der Waals surface area contributed by atoms with E-state index < -0.39 is 0 Å². The Kier molecular flexibility index (Phi) is 5.09. The van der Waals surface area contributed by atoms with Crippen LogP contribution >= 0.6 is 11.6 Å². The zero-order chi connectivity index (χ0) is 18.8. The molecule has 0 saturated heterocycles. The summed E-state index contributed by atoms with van der Waals surface area (Å²) in [5.41, 5.74) is 2.51. The highest BCUT2D eigenvalue weighted by Crippen LogP contribution is 2.28. The third kappa shape index (κ3) is 3.35. The maximum atomic E-state index is 12.9. The van der Waals surface area contributed by atoms with E-state index in [0.29, 0.717) is 28.8 Å². The van der Waals surface area contributed by atoms with Crippen molar-refractivity contribution in [2.24, 2.45) is 7.05 Å². The van der Waals surface area contributed by atoms with Gasteiger partial charge in [0, 0.05) is 36.6 Å². The van der Waals surface area contributed by atoms with Gasteiger partial charge in [0.25, 0.3) is 5.91 Å². The molecule has 0 atom stereocenters. The predicted octanol–water partition coefficient (Wildman–Crippen LogP) is 4.12. The van der Waals surface area contributed by atoms with E-state index in [2.05, 4.69) is 0 Å². The number of hydrogen-bond acceptors (Lipinski definition) is 3. The molecule has 0 saturated carbocycles. The zero-order valence-corrected chi connectivity index (χ0v) is 16.0. The first-order valence-electron chi connectivity index (χ1n) is 8.16. The number of amides is 1. The van der Waals surface area contributed by atoms with Crippen molar-refractivity contribution < 1.29 is 14.3 Å². The SMILES string of the molecule is COc1ccc(CN(C)C(=O)c2cc3ccc(Cl)cc3n2C)cc1OC. The summed E-state index contributed by atoms with van der Waals surface area (Å²) in [6.45, 7) is 0.460. The van der Waals surface area contributed by atoms with Crippen LogP contribution in [0, 0.1) is 0 Å². The van der Waals surface area contributed by atoms with Crippen molar-refractivity contribution >= 4 is 28.4 Å². The minimum absolute atomic E-state index is 0.0605. The van der Waals surface area contributed by atoms with Crippen molar-refractivity contribution in [3.63, 3.8) is 0 Å². The van der Waals surface area contributed by atoms with Crippen molar-refractivity contribution in [1.29, 1.82) is 0 Å². The highest BCUT2D eigenvalue weighted by molar-refractivity contribution is 6.31. The van der Waals surface area contributed by atoms with Crippen molar-refractivity contribution in [3.05, 3.63) is 58.7 Å². The molecule has 0 unspecified atom stereocenters. The molecule has 0 aliphatic rings. The Bertz CT molecular complexity index is 965. The summed E-state index contributed by atoms with van der Waals surface area (Å²) >= 11 is 6.07. The lowest BCUT2D eigenvalue weighted by Gasteiger charge is -2.18. The third-order valence-electron chi connectivity index (χ3n) is 4.44. The van der Waals surface area contributed by atoms with Crippen LogP contribution in [0.2, 0.25) is 5.02 Å². The molecule has 0 bridgehead atoms. The monoisotopic (exact) mass is 372 g/mol. The van der Waals surface area contributed by atoms with E-state index in [-0.39, 0.29) is 5.91 Å². The molecule has 2 aromatic carbocycles. The van der Waals surface area contributed by atoms with Crippen LogP contribution in [0.3, 0.4) is 0 Å². The van der Waals surface area contributed by atoms with Crippen molar-refractivity contribution in [2.75, 3.05) is 21.3 Å². The van der Waals surface area contributed by atoms with Crippen molar-refractivity contribution in [2.45, 2.75) is 6.54 Å². The Hall–Kier alpha value is -2.66. The highest BCUT2D eigenvalue weighted by Gasteiger charge is 2.18. The normalized spacial score (nSPS) is 10.8. The number of methoxy groups -OCH3 is 2. The molecule has 5 nitrogen and oxygen atoms in total. The maximum absolute atomic E-state index is 12.9. The van der Waals surface area contributed by atoms with E-state index in [1.54, 1.807) is 26.2 Å². The maximum Gasteiger partial charge on any atom is 0.270 e. The second-order valence-corrected chi connectivity index (χ2v) is 6.58. The summed E-state index contributed by atoms with van der Waals surface area (Å²) in [6.07, 6.45) is 0. The van der Waals surface area contributed by atoms with Gasteiger partial charge in [-0.2, -0.15) is 0 Å². The van der Waals surface area contributed by atoms with Gasteiger partial charge in [0.2, 0.25) is 0 Å². The number of fused-ring (bicyclic) bond motifs is 1. The van der Waals surface area contributed by atoms with Crippen molar-refractivity contribution in [3.8, 4) is 11.5 Å². The number of carbonyl (C=O) groups excluding carboxylic acids is 1. The Morgan fingerprint density at radius 2 is 1.81 bits per heavy atom. The number of halogens is 1. The molecule has 3 rings (SSSR count). The largest absolute Gasteiger partial charge is 0.493 e. The number of aromatic nitrogens is 1. The van der Waals surface area contributed by atoms with E-state index >= 15 is 0 Å². The summed E-state index contributed by atoms with van der Waals surface area (Å²) in [5.74, 6) is 1.25. The van der Waals surface area contributed by atoms with Crippen LogP contribution in [-0.2, 0) is 13.6 Å². The van der Waals surface area contributed by atoms with Crippen LogP contribution < -0.4 is 9.47 Å². The quantitative estimate of drug-likeness (QED) is 0.676. The molecule has 26 heavy (non-hydrogen) atoms. The first-order chi connectivity index (χ1) is 12.4. The molecule has 0 radical (unpaired) electrons. The molecule has 0 spiro atoms. The third-order valence-corrected chi connectivity index (χ3v) is 4.68. The molecule has 6 heteroatoms. The molecule has 0 aliphatic heterocycles. The van der Waals surface area contributed by atoms with Gasteiger partial charge in [0.1, 0.15) is 5.69 Å². The Morgan fingerprint density at radius 3 is 2.50 bits per heavy atom. The van der Waals surface area contributed by atoms with E-state index in [9.17, 15) is 4.79 Å². The number of aryl methyl sites for hydroxylation is 1. The van der Waals surface area contributed by atoms with Crippen LogP contribution in [0.1, 0.15) is 16.1 Å². The summed E-state index contributed by atoms with van der Waals surface area (Å²) in [4.78, 5) is 14.6. The molecule has 136 valence electrons. The molecular weight excluding hydrogens is 352 g/mol. The topological polar surface area (TPSA) is 43.7 Å². The van der Waals surface area contributed by atoms with Crippen LogP contribution in [-0.4, -0.2) is 36.6 Å². The van der Waals surface area contributed by atoms with Gasteiger partial charge < -0.3 is 18.9 Å². The predicted molar refractivity (Wildman–Crippen MR) is 103 cm³/mol. The minimum atomic E-state index is -0.0605. The van der Waals surface area contributed by atoms with Gasteiger partial charge in [-0.25, -0.2) is 0 Å². The molecule has 0 aliphatic carbocycles. The van der Waals surface area contributed by atoms with E-state index in [1.807, 2.05) is 54.1 Å². The highest BCUT2D eigenvalue weighted by atomic mass is 35.5. The Balaban J connectivity index is 1.85. The smallest absolute Gasteiger partial charge is 0.270 e. The van der Waals surface area contributed by atoms with Gasteiger partial charge in [-0.3, -0.25) is 4.79 Å². The molecule has 1 amide bonds. The number of rotatable bonds is 5. The summed E-state index contributed by atoms with van der Waals surface area (Å²) < 4.78 is 12.5. The van der Waals surface area contributed by atoms with E-state index in [1.165, 1.54) is 0 Å². The zero-order valence-electron chi connectivity index (χ0n) is 15.2. The van der Waals surface area contributed by atoms with Gasteiger partial charge in [0.15, 0.2) is 11.5 Å². The Morgan fingerprint density at radius 1 is 1.08 bits per heavy atom. The molecule has 1 heterocycles. The molecule has 1 aromatic heterocycles. The minimum Gasteiger partial charge on any atom is -0.493 e. The van der Waals surface area contributed by atoms with Gasteiger partial charge in [0.05, 0.1) is 14.2 Å². The number of ether oxygens (including phenoxy) is 2. The molecule has 0 fully saturated rings. The fourth-order valence-electron chi connectivity index (χ4n) is 3.03. The van der Waals surface area contributed by atoms with Crippen LogP contribution in [0.15, 0.2) is 42.5 Å². The standard InChI is InChI=1S/C20H21ClN2O3/c1-22(12-13-5-8-18(25-3)19(9-13)26-4)20(24)17-10-14-6-7-15(21)11-16(14)23(17)2/h5-11H,12H2,1-4H3. The first kappa shape index (κ1) is 18.1. The summed E-state index contributed by atoms with van der Waals surface area (Å²) in [6, 6.07) is 13.1.